The molecule has 4 rings (SSSR count). The van der Waals surface area contributed by atoms with E-state index >= 15 is 0 Å². The lowest BCUT2D eigenvalue weighted by Crippen LogP contribution is -2.34. The molecule has 0 saturated carbocycles. The lowest BCUT2D eigenvalue weighted by Gasteiger charge is -2.27. The zero-order valence-electron chi connectivity index (χ0n) is 17.1. The summed E-state index contributed by atoms with van der Waals surface area (Å²) in [6.45, 7) is 3.47. The van der Waals surface area contributed by atoms with Gasteiger partial charge in [-0.2, -0.15) is 0 Å². The van der Waals surface area contributed by atoms with E-state index < -0.39 is 0 Å². The van der Waals surface area contributed by atoms with Crippen LogP contribution in [-0.4, -0.2) is 43.1 Å². The van der Waals surface area contributed by atoms with Gasteiger partial charge in [-0.05, 0) is 42.2 Å². The minimum Gasteiger partial charge on any atom is -0.493 e. The molecule has 1 aromatic heterocycles. The highest BCUT2D eigenvalue weighted by Crippen LogP contribution is 2.32. The smallest absolute Gasteiger partial charge is 0.254 e. The molecular weight excluding hydrogens is 364 g/mol. The molecular formula is C24H26N2O3. The van der Waals surface area contributed by atoms with Crippen LogP contribution < -0.4 is 9.47 Å². The van der Waals surface area contributed by atoms with Gasteiger partial charge in [0.25, 0.3) is 5.91 Å². The van der Waals surface area contributed by atoms with Crippen LogP contribution in [-0.2, 0) is 6.42 Å². The number of nitrogens with zero attached hydrogens (tertiary/aromatic N) is 1. The molecule has 0 unspecified atom stereocenters. The van der Waals surface area contributed by atoms with Gasteiger partial charge in [-0.25, -0.2) is 0 Å². The number of carbonyl (C=O) groups excluding carboxylic acids is 1. The maximum Gasteiger partial charge on any atom is 0.254 e. The van der Waals surface area contributed by atoms with E-state index in [9.17, 15) is 4.79 Å². The normalized spacial score (nSPS) is 14.0. The maximum atomic E-state index is 13.0. The second-order valence-corrected chi connectivity index (χ2v) is 7.20. The molecule has 0 saturated heterocycles. The summed E-state index contributed by atoms with van der Waals surface area (Å²) in [5, 5.41) is 1.26. The molecule has 1 amide bonds. The number of hydrogen-bond acceptors (Lipinski definition) is 3. The molecule has 0 atom stereocenters. The van der Waals surface area contributed by atoms with Gasteiger partial charge >= 0.3 is 0 Å². The van der Waals surface area contributed by atoms with Crippen molar-refractivity contribution in [2.75, 3.05) is 27.3 Å². The Morgan fingerprint density at radius 2 is 1.97 bits per heavy atom. The number of aryl methyl sites for hydroxylation is 1. The third-order valence-corrected chi connectivity index (χ3v) is 5.66. The van der Waals surface area contributed by atoms with Crippen molar-refractivity contribution in [3.05, 3.63) is 65.4 Å². The van der Waals surface area contributed by atoms with E-state index in [1.165, 1.54) is 27.6 Å². The molecule has 3 aromatic rings. The zero-order chi connectivity index (χ0) is 20.4. The fourth-order valence-corrected chi connectivity index (χ4v) is 4.03. The van der Waals surface area contributed by atoms with Crippen LogP contribution in [0.5, 0.6) is 11.5 Å². The molecule has 0 aliphatic carbocycles. The first-order valence-electron chi connectivity index (χ1n) is 9.96. The summed E-state index contributed by atoms with van der Waals surface area (Å²) in [6.07, 6.45) is 6.11. The van der Waals surface area contributed by atoms with Gasteiger partial charge in [-0.3, -0.25) is 4.79 Å². The number of amides is 1. The molecule has 0 radical (unpaired) electrons. The average Bonchev–Trinajstić information content (AvgIpc) is 3.22. The number of para-hydroxylation sites is 1. The van der Waals surface area contributed by atoms with Gasteiger partial charge in [0.15, 0.2) is 11.5 Å². The van der Waals surface area contributed by atoms with Crippen LogP contribution in [0, 0.1) is 0 Å². The molecule has 2 aromatic carbocycles. The van der Waals surface area contributed by atoms with Crippen LogP contribution in [0.25, 0.3) is 16.5 Å². The van der Waals surface area contributed by atoms with E-state index in [1.54, 1.807) is 32.4 Å². The Labute approximate surface area is 170 Å². The molecule has 0 spiro atoms. The van der Waals surface area contributed by atoms with E-state index in [2.05, 4.69) is 42.4 Å². The third-order valence-electron chi connectivity index (χ3n) is 5.66. The quantitative estimate of drug-likeness (QED) is 0.688. The number of ether oxygens (including phenoxy) is 2. The number of rotatable bonds is 5. The van der Waals surface area contributed by atoms with Crippen LogP contribution in [0.3, 0.4) is 0 Å². The summed E-state index contributed by atoms with van der Waals surface area (Å²) >= 11 is 0. The Balaban J connectivity index is 1.55. The minimum absolute atomic E-state index is 0.00782. The van der Waals surface area contributed by atoms with Crippen molar-refractivity contribution in [3.8, 4) is 11.5 Å². The molecule has 0 fully saturated rings. The molecule has 150 valence electrons. The Morgan fingerprint density at radius 3 is 2.66 bits per heavy atom. The average molecular weight is 390 g/mol. The second kappa shape index (κ2) is 8.03. The molecule has 0 bridgehead atoms. The Kier molecular flexibility index (Phi) is 5.30. The summed E-state index contributed by atoms with van der Waals surface area (Å²) in [5.74, 6) is 1.20. The van der Waals surface area contributed by atoms with Crippen LogP contribution in [0.2, 0.25) is 0 Å². The van der Waals surface area contributed by atoms with Crippen molar-refractivity contribution in [3.63, 3.8) is 0 Å². The monoisotopic (exact) mass is 390 g/mol. The number of aromatic amines is 1. The van der Waals surface area contributed by atoms with E-state index in [-0.39, 0.29) is 5.91 Å². The van der Waals surface area contributed by atoms with Gasteiger partial charge in [0.1, 0.15) is 0 Å². The highest BCUT2D eigenvalue weighted by molar-refractivity contribution is 5.97. The molecule has 1 aliphatic rings. The molecule has 1 aliphatic heterocycles. The first-order valence-corrected chi connectivity index (χ1v) is 9.96. The first-order chi connectivity index (χ1) is 14.2. The van der Waals surface area contributed by atoms with Crippen molar-refractivity contribution in [1.82, 2.24) is 9.88 Å². The number of methoxy groups -OCH3 is 2. The lowest BCUT2D eigenvalue weighted by atomic mass is 9.97. The summed E-state index contributed by atoms with van der Waals surface area (Å²) in [4.78, 5) is 18.3. The Bertz CT molecular complexity index is 1080. The van der Waals surface area contributed by atoms with Crippen LogP contribution in [0.1, 0.15) is 34.8 Å². The molecule has 1 N–H and O–H groups in total. The SMILES string of the molecule is CCc1cccc2c(C3=CCN(C(=O)c4ccc(OC)c(OC)c4)CC3)c[nH]c12. The molecule has 5 nitrogen and oxygen atoms in total. The van der Waals surface area contributed by atoms with Gasteiger partial charge < -0.3 is 19.4 Å². The number of hydrogen-bond donors (Lipinski definition) is 1. The van der Waals surface area contributed by atoms with Crippen molar-refractivity contribution < 1.29 is 14.3 Å². The Hall–Kier alpha value is -3.21. The minimum atomic E-state index is 0.00782. The third kappa shape index (κ3) is 3.48. The van der Waals surface area contributed by atoms with Gasteiger partial charge in [-0.15, -0.1) is 0 Å². The van der Waals surface area contributed by atoms with Crippen molar-refractivity contribution in [2.24, 2.45) is 0 Å². The molecule has 5 heteroatoms. The summed E-state index contributed by atoms with van der Waals surface area (Å²) in [7, 11) is 3.16. The maximum absolute atomic E-state index is 13.0. The first kappa shape index (κ1) is 19.1. The fraction of sp³-hybridized carbons (Fsp3) is 0.292. The number of aromatic nitrogens is 1. The summed E-state index contributed by atoms with van der Waals surface area (Å²) in [6, 6.07) is 11.8. The topological polar surface area (TPSA) is 54.6 Å². The number of H-pyrrole nitrogens is 1. The number of benzene rings is 2. The van der Waals surface area contributed by atoms with Gasteiger partial charge in [-0.1, -0.05) is 31.2 Å². The largest absolute Gasteiger partial charge is 0.493 e. The van der Waals surface area contributed by atoms with Crippen LogP contribution >= 0.6 is 0 Å². The second-order valence-electron chi connectivity index (χ2n) is 7.20. The number of fused-ring (bicyclic) bond motifs is 1. The van der Waals surface area contributed by atoms with Gasteiger partial charge in [0, 0.05) is 41.3 Å². The number of nitrogens with one attached hydrogen (secondary N) is 1. The van der Waals surface area contributed by atoms with Crippen molar-refractivity contribution in [1.29, 1.82) is 0 Å². The van der Waals surface area contributed by atoms with E-state index in [0.717, 1.165) is 12.8 Å². The van der Waals surface area contributed by atoms with Crippen LogP contribution in [0.15, 0.2) is 48.7 Å². The Morgan fingerprint density at radius 1 is 1.14 bits per heavy atom. The molecule has 29 heavy (non-hydrogen) atoms. The van der Waals surface area contributed by atoms with Crippen molar-refractivity contribution >= 4 is 22.4 Å². The van der Waals surface area contributed by atoms with E-state index in [1.807, 2.05) is 4.90 Å². The predicted molar refractivity (Wildman–Crippen MR) is 116 cm³/mol. The van der Waals surface area contributed by atoms with E-state index in [0.29, 0.717) is 30.2 Å². The summed E-state index contributed by atoms with van der Waals surface area (Å²) < 4.78 is 10.6. The summed E-state index contributed by atoms with van der Waals surface area (Å²) in [5.41, 5.74) is 5.69. The highest BCUT2D eigenvalue weighted by atomic mass is 16.5. The zero-order valence-corrected chi connectivity index (χ0v) is 17.1. The lowest BCUT2D eigenvalue weighted by molar-refractivity contribution is 0.0772. The highest BCUT2D eigenvalue weighted by Gasteiger charge is 2.22. The number of carbonyl (C=O) groups is 1. The predicted octanol–water partition coefficient (Wildman–Crippen LogP) is 4.68. The van der Waals surface area contributed by atoms with Crippen molar-refractivity contribution in [2.45, 2.75) is 19.8 Å². The van der Waals surface area contributed by atoms with Gasteiger partial charge in [0.2, 0.25) is 0 Å². The van der Waals surface area contributed by atoms with E-state index in [4.69, 9.17) is 9.47 Å². The van der Waals surface area contributed by atoms with Crippen LogP contribution in [0.4, 0.5) is 0 Å². The standard InChI is InChI=1S/C24H26N2O3/c1-4-16-6-5-7-19-20(15-25-23(16)19)17-10-12-26(13-11-17)24(27)18-8-9-21(28-2)22(14-18)29-3/h5-10,14-15,25H,4,11-13H2,1-3H3. The molecule has 2 heterocycles. The fourth-order valence-electron chi connectivity index (χ4n) is 4.03. The van der Waals surface area contributed by atoms with Gasteiger partial charge in [0.05, 0.1) is 14.2 Å².